The summed E-state index contributed by atoms with van der Waals surface area (Å²) >= 11 is 1.89. The van der Waals surface area contributed by atoms with Crippen molar-refractivity contribution in [2.45, 2.75) is 0 Å². The van der Waals surface area contributed by atoms with Crippen LogP contribution in [0.3, 0.4) is 0 Å². The average molecular weight is 466 g/mol. The molecule has 0 unspecified atom stereocenters. The number of hydrogen-bond acceptors (Lipinski definition) is 0. The third-order valence-electron chi connectivity index (χ3n) is 3.99. The van der Waals surface area contributed by atoms with Crippen LogP contribution in [0.25, 0.3) is 0 Å². The topological polar surface area (TPSA) is 0 Å². The molecule has 0 atom stereocenters. The zero-order valence-electron chi connectivity index (χ0n) is 15.2. The first-order valence-corrected chi connectivity index (χ1v) is 13.8. The van der Waals surface area contributed by atoms with Gasteiger partial charge in [-0.15, -0.1) is 12.4 Å². The summed E-state index contributed by atoms with van der Waals surface area (Å²) in [6.07, 6.45) is 0. The van der Waals surface area contributed by atoms with E-state index in [-0.39, 0.29) is 12.4 Å². The Morgan fingerprint density at radius 2 is 0.571 bits per heavy atom. The van der Waals surface area contributed by atoms with E-state index in [4.69, 9.17) is 0 Å². The monoisotopic (exact) mass is 464 g/mol. The van der Waals surface area contributed by atoms with Crippen molar-refractivity contribution in [3.63, 3.8) is 0 Å². The fourth-order valence-electron chi connectivity index (χ4n) is 2.71. The first-order chi connectivity index (χ1) is 13.4. The first-order valence-electron chi connectivity index (χ1n) is 8.82. The molecule has 4 aromatic rings. The molecule has 0 spiro atoms. The predicted molar refractivity (Wildman–Crippen MR) is 125 cm³/mol. The zero-order valence-corrected chi connectivity index (χ0v) is 18.8. The van der Waals surface area contributed by atoms with Crippen molar-refractivity contribution in [2.24, 2.45) is 0 Å². The number of halogens is 1. The Kier molecular flexibility index (Phi) is 8.27. The molecule has 28 heavy (non-hydrogen) atoms. The molecule has 0 nitrogen and oxygen atoms in total. The quantitative estimate of drug-likeness (QED) is 0.257. The van der Waals surface area contributed by atoms with E-state index in [1.807, 2.05) is 13.6 Å². The van der Waals surface area contributed by atoms with Gasteiger partial charge in [-0.2, -0.15) is 0 Å². The maximum absolute atomic E-state index is 2.28. The number of hydrogen-bond donors (Lipinski definition) is 0. The van der Waals surface area contributed by atoms with E-state index in [9.17, 15) is 0 Å². The molecule has 0 fully saturated rings. The van der Waals surface area contributed by atoms with Crippen LogP contribution in [0.5, 0.6) is 0 Å². The van der Waals surface area contributed by atoms with Crippen LogP contribution in [0.1, 0.15) is 0 Å². The van der Waals surface area contributed by atoms with Crippen LogP contribution in [-0.2, 0) is 13.6 Å². The van der Waals surface area contributed by atoms with Gasteiger partial charge in [-0.25, -0.2) is 0 Å². The van der Waals surface area contributed by atoms with Gasteiger partial charge >= 0.3 is 170 Å². The SMILES string of the molecule is Cl.c1ccc([P]([Ni][P](c2ccccc2)c2ccccc2)c2ccccc2)cc1. The number of rotatable bonds is 6. The molecule has 4 rings (SSSR count). The van der Waals surface area contributed by atoms with Crippen molar-refractivity contribution in [1.82, 2.24) is 0 Å². The van der Waals surface area contributed by atoms with E-state index in [1.165, 1.54) is 21.2 Å². The Morgan fingerprint density at radius 1 is 0.357 bits per heavy atom. The molecule has 0 aliphatic rings. The average Bonchev–Trinajstić information content (AvgIpc) is 2.77. The molecule has 4 aromatic carbocycles. The standard InChI is InChI=1S/2C12H10P.ClH.Ni/c2*1-3-7-11(8-4-1)13-12-9-5-2-6-10-12;;/h2*1-10H;1H;/q2*-1;;+2. The minimum atomic E-state index is -0.471. The molecule has 0 aromatic heterocycles. The van der Waals surface area contributed by atoms with Gasteiger partial charge in [-0.3, -0.25) is 0 Å². The van der Waals surface area contributed by atoms with Gasteiger partial charge in [-0.1, -0.05) is 0 Å². The molecule has 4 heteroatoms. The van der Waals surface area contributed by atoms with Crippen LogP contribution in [-0.4, -0.2) is 0 Å². The predicted octanol–water partition coefficient (Wildman–Crippen LogP) is 5.59. The van der Waals surface area contributed by atoms with Crippen molar-refractivity contribution >= 4 is 47.0 Å². The van der Waals surface area contributed by atoms with Gasteiger partial charge in [0.05, 0.1) is 0 Å². The summed E-state index contributed by atoms with van der Waals surface area (Å²) in [5, 5.41) is 5.72. The van der Waals surface area contributed by atoms with Crippen LogP contribution in [0, 0.1) is 0 Å². The summed E-state index contributed by atoms with van der Waals surface area (Å²) in [6, 6.07) is 43.9. The van der Waals surface area contributed by atoms with Gasteiger partial charge in [0.2, 0.25) is 0 Å². The summed E-state index contributed by atoms with van der Waals surface area (Å²) < 4.78 is 0. The van der Waals surface area contributed by atoms with Gasteiger partial charge in [0.1, 0.15) is 0 Å². The molecule has 0 heterocycles. The maximum atomic E-state index is 2.28. The van der Waals surface area contributed by atoms with Gasteiger partial charge in [0.25, 0.3) is 0 Å². The second kappa shape index (κ2) is 10.9. The summed E-state index contributed by atoms with van der Waals surface area (Å²) in [4.78, 5) is 0. The Morgan fingerprint density at radius 3 is 0.786 bits per heavy atom. The molecule has 0 saturated heterocycles. The fourth-order valence-corrected chi connectivity index (χ4v) is 14.3. The molecule has 0 N–H and O–H groups in total. The van der Waals surface area contributed by atoms with E-state index in [2.05, 4.69) is 121 Å². The number of benzene rings is 4. The van der Waals surface area contributed by atoms with Crippen LogP contribution in [0.15, 0.2) is 121 Å². The van der Waals surface area contributed by atoms with E-state index in [0.717, 1.165) is 0 Å². The van der Waals surface area contributed by atoms with E-state index in [1.54, 1.807) is 0 Å². The van der Waals surface area contributed by atoms with Gasteiger partial charge in [0, 0.05) is 0 Å². The van der Waals surface area contributed by atoms with Crippen LogP contribution >= 0.6 is 25.8 Å². The summed E-state index contributed by atoms with van der Waals surface area (Å²) in [6.45, 7) is -0.942. The first kappa shape index (κ1) is 21.2. The van der Waals surface area contributed by atoms with Crippen molar-refractivity contribution in [1.29, 1.82) is 0 Å². The minimum absolute atomic E-state index is 0. The van der Waals surface area contributed by atoms with Crippen molar-refractivity contribution in [3.8, 4) is 0 Å². The van der Waals surface area contributed by atoms with E-state index < -0.39 is 13.4 Å². The van der Waals surface area contributed by atoms with Crippen LogP contribution in [0.2, 0.25) is 0 Å². The molecule has 144 valence electrons. The molecule has 0 bridgehead atoms. The normalized spacial score (nSPS) is 10.8. The second-order valence-electron chi connectivity index (χ2n) is 5.91. The Hall–Kier alpha value is -1.48. The Bertz CT molecular complexity index is 791. The Balaban J connectivity index is 0.00000225. The van der Waals surface area contributed by atoms with Gasteiger partial charge < -0.3 is 0 Å². The van der Waals surface area contributed by atoms with Crippen LogP contribution < -0.4 is 21.2 Å². The summed E-state index contributed by atoms with van der Waals surface area (Å²) in [7, 11) is 0. The third-order valence-corrected chi connectivity index (χ3v) is 14.5. The Labute approximate surface area is 181 Å². The van der Waals surface area contributed by atoms with Crippen molar-refractivity contribution in [3.05, 3.63) is 121 Å². The molecule has 0 radical (unpaired) electrons. The van der Waals surface area contributed by atoms with Gasteiger partial charge in [0.15, 0.2) is 0 Å². The third kappa shape index (κ3) is 5.32. The molecule has 0 aliphatic carbocycles. The summed E-state index contributed by atoms with van der Waals surface area (Å²) in [5.41, 5.74) is 0. The molecule has 0 saturated carbocycles. The molecule has 0 amide bonds. The molecular formula is C24H21ClNiP2. The zero-order chi connectivity index (χ0) is 18.3. The second-order valence-corrected chi connectivity index (χ2v) is 13.9. The summed E-state index contributed by atoms with van der Waals surface area (Å²) in [5.74, 6) is 0. The van der Waals surface area contributed by atoms with E-state index >= 15 is 0 Å². The molecule has 0 aliphatic heterocycles. The van der Waals surface area contributed by atoms with Gasteiger partial charge in [-0.05, 0) is 0 Å². The van der Waals surface area contributed by atoms with Crippen molar-refractivity contribution < 1.29 is 13.6 Å². The fraction of sp³-hybridized carbons (Fsp3) is 0. The van der Waals surface area contributed by atoms with Crippen molar-refractivity contribution in [2.75, 3.05) is 0 Å². The van der Waals surface area contributed by atoms with E-state index in [0.29, 0.717) is 0 Å². The molecular weight excluding hydrogens is 444 g/mol. The van der Waals surface area contributed by atoms with Crippen LogP contribution in [0.4, 0.5) is 0 Å².